The Bertz CT molecular complexity index is 825. The number of ether oxygens (including phenoxy) is 1. The number of nitrogens with one attached hydrogen (secondary N) is 1. The average Bonchev–Trinajstić information content (AvgIpc) is 2.61. The Balaban J connectivity index is 2.01. The molecular formula is C18H19N3O. The number of anilines is 1. The van der Waals surface area contributed by atoms with Crippen LogP contribution in [0, 0.1) is 0 Å². The van der Waals surface area contributed by atoms with Crippen molar-refractivity contribution in [2.45, 2.75) is 0 Å². The molecule has 0 amide bonds. The monoisotopic (exact) mass is 293 g/mol. The van der Waals surface area contributed by atoms with Crippen molar-refractivity contribution in [3.63, 3.8) is 0 Å². The summed E-state index contributed by atoms with van der Waals surface area (Å²) < 4.78 is 5.42. The van der Waals surface area contributed by atoms with E-state index in [2.05, 4.69) is 40.5 Å². The molecule has 0 saturated carbocycles. The average molecular weight is 293 g/mol. The fourth-order valence-corrected chi connectivity index (χ4v) is 3.16. The van der Waals surface area contributed by atoms with E-state index in [0.717, 1.165) is 43.3 Å². The van der Waals surface area contributed by atoms with Gasteiger partial charge in [0.15, 0.2) is 0 Å². The van der Waals surface area contributed by atoms with Gasteiger partial charge in [-0.25, -0.2) is 4.98 Å². The van der Waals surface area contributed by atoms with Crippen LogP contribution in [0.3, 0.4) is 0 Å². The van der Waals surface area contributed by atoms with Crippen LogP contribution in [-0.4, -0.2) is 38.3 Å². The molecule has 0 unspecified atom stereocenters. The molecule has 4 heteroatoms. The van der Waals surface area contributed by atoms with E-state index in [1.807, 2.05) is 12.1 Å². The van der Waals surface area contributed by atoms with Crippen LogP contribution < -0.4 is 15.0 Å². The molecule has 3 aromatic rings. The van der Waals surface area contributed by atoms with Crippen molar-refractivity contribution in [2.75, 3.05) is 38.2 Å². The smallest absolute Gasteiger partial charge is 0.137 e. The number of para-hydroxylation sites is 1. The molecule has 0 bridgehead atoms. The van der Waals surface area contributed by atoms with Gasteiger partial charge in [0.1, 0.15) is 11.6 Å². The molecule has 4 nitrogen and oxygen atoms in total. The van der Waals surface area contributed by atoms with Crippen LogP contribution in [0.25, 0.3) is 21.7 Å². The van der Waals surface area contributed by atoms with Crippen molar-refractivity contribution in [1.82, 2.24) is 10.3 Å². The predicted octanol–water partition coefficient (Wildman–Crippen LogP) is 2.81. The second-order valence-corrected chi connectivity index (χ2v) is 5.60. The van der Waals surface area contributed by atoms with E-state index in [4.69, 9.17) is 9.72 Å². The zero-order valence-electron chi connectivity index (χ0n) is 12.7. The van der Waals surface area contributed by atoms with Crippen LogP contribution >= 0.6 is 0 Å². The molecule has 1 fully saturated rings. The number of aromatic nitrogens is 1. The van der Waals surface area contributed by atoms with Gasteiger partial charge >= 0.3 is 0 Å². The fraction of sp³-hybridized carbons (Fsp3) is 0.278. The minimum atomic E-state index is 0.876. The highest BCUT2D eigenvalue weighted by Gasteiger charge is 2.17. The minimum Gasteiger partial charge on any atom is -0.497 e. The highest BCUT2D eigenvalue weighted by Crippen LogP contribution is 2.33. The summed E-state index contributed by atoms with van der Waals surface area (Å²) in [6.07, 6.45) is 0. The van der Waals surface area contributed by atoms with Gasteiger partial charge < -0.3 is 15.0 Å². The summed E-state index contributed by atoms with van der Waals surface area (Å²) in [4.78, 5) is 7.31. The van der Waals surface area contributed by atoms with E-state index < -0.39 is 0 Å². The summed E-state index contributed by atoms with van der Waals surface area (Å²) in [7, 11) is 1.71. The number of pyridine rings is 1. The Morgan fingerprint density at radius 1 is 1.00 bits per heavy atom. The molecule has 2 aromatic carbocycles. The molecular weight excluding hydrogens is 274 g/mol. The molecule has 1 N–H and O–H groups in total. The van der Waals surface area contributed by atoms with Gasteiger partial charge in [-0.3, -0.25) is 0 Å². The first-order valence-corrected chi connectivity index (χ1v) is 7.69. The Labute approximate surface area is 129 Å². The highest BCUT2D eigenvalue weighted by molar-refractivity contribution is 6.10. The predicted molar refractivity (Wildman–Crippen MR) is 90.9 cm³/mol. The maximum Gasteiger partial charge on any atom is 0.137 e. The third kappa shape index (κ3) is 2.16. The number of rotatable bonds is 2. The molecule has 1 aromatic heterocycles. The van der Waals surface area contributed by atoms with Gasteiger partial charge in [-0.05, 0) is 29.7 Å². The Hall–Kier alpha value is -2.33. The van der Waals surface area contributed by atoms with Crippen molar-refractivity contribution in [3.8, 4) is 5.75 Å². The zero-order valence-corrected chi connectivity index (χ0v) is 12.7. The molecule has 22 heavy (non-hydrogen) atoms. The van der Waals surface area contributed by atoms with Crippen LogP contribution in [-0.2, 0) is 0 Å². The number of methoxy groups -OCH3 is 1. The largest absolute Gasteiger partial charge is 0.497 e. The lowest BCUT2D eigenvalue weighted by Gasteiger charge is -2.29. The van der Waals surface area contributed by atoms with Crippen LogP contribution in [0.5, 0.6) is 5.75 Å². The lowest BCUT2D eigenvalue weighted by Crippen LogP contribution is -2.44. The third-order valence-electron chi connectivity index (χ3n) is 4.30. The summed E-state index contributed by atoms with van der Waals surface area (Å²) in [5, 5.41) is 6.99. The normalized spacial score (nSPS) is 15.4. The lowest BCUT2D eigenvalue weighted by atomic mass is 10.0. The van der Waals surface area contributed by atoms with Gasteiger partial charge in [0.25, 0.3) is 0 Å². The van der Waals surface area contributed by atoms with E-state index in [-0.39, 0.29) is 0 Å². The quantitative estimate of drug-likeness (QED) is 0.737. The van der Waals surface area contributed by atoms with Gasteiger partial charge in [0.05, 0.1) is 12.6 Å². The van der Waals surface area contributed by atoms with Crippen LogP contribution in [0.4, 0.5) is 5.82 Å². The molecule has 1 aliphatic heterocycles. The molecule has 4 rings (SSSR count). The van der Waals surface area contributed by atoms with Crippen molar-refractivity contribution in [2.24, 2.45) is 0 Å². The molecule has 1 saturated heterocycles. The van der Waals surface area contributed by atoms with Crippen molar-refractivity contribution in [3.05, 3.63) is 42.5 Å². The third-order valence-corrected chi connectivity index (χ3v) is 4.30. The second kappa shape index (κ2) is 5.46. The number of hydrogen-bond donors (Lipinski definition) is 1. The standard InChI is InChI=1S/C18H19N3O/c1-22-13-6-7-14-15-4-2-3-5-17(15)20-18(16(14)12-13)21-10-8-19-9-11-21/h2-7,12,19H,8-11H2,1H3. The Morgan fingerprint density at radius 2 is 1.82 bits per heavy atom. The van der Waals surface area contributed by atoms with Gasteiger partial charge in [0, 0.05) is 37.0 Å². The van der Waals surface area contributed by atoms with Crippen molar-refractivity contribution >= 4 is 27.5 Å². The number of nitrogens with zero attached hydrogens (tertiary/aromatic N) is 2. The van der Waals surface area contributed by atoms with Crippen LogP contribution in [0.1, 0.15) is 0 Å². The molecule has 2 heterocycles. The fourth-order valence-electron chi connectivity index (χ4n) is 3.16. The molecule has 112 valence electrons. The van der Waals surface area contributed by atoms with Gasteiger partial charge in [0.2, 0.25) is 0 Å². The summed E-state index contributed by atoms with van der Waals surface area (Å²) in [6, 6.07) is 14.6. The maximum atomic E-state index is 5.42. The molecule has 0 atom stereocenters. The Kier molecular flexibility index (Phi) is 3.31. The summed E-state index contributed by atoms with van der Waals surface area (Å²) >= 11 is 0. The number of hydrogen-bond acceptors (Lipinski definition) is 4. The van der Waals surface area contributed by atoms with E-state index in [1.54, 1.807) is 7.11 Å². The highest BCUT2D eigenvalue weighted by atomic mass is 16.5. The number of piperazine rings is 1. The van der Waals surface area contributed by atoms with E-state index in [0.29, 0.717) is 0 Å². The molecule has 0 aliphatic carbocycles. The minimum absolute atomic E-state index is 0.876. The van der Waals surface area contributed by atoms with Crippen LogP contribution in [0.2, 0.25) is 0 Å². The topological polar surface area (TPSA) is 37.4 Å². The summed E-state index contributed by atoms with van der Waals surface area (Å²) in [5.74, 6) is 1.94. The molecule has 0 spiro atoms. The SMILES string of the molecule is COc1ccc2c(c1)c(N1CCNCC1)nc1ccccc12. The first-order chi connectivity index (χ1) is 10.9. The second-order valence-electron chi connectivity index (χ2n) is 5.60. The Morgan fingerprint density at radius 3 is 2.64 bits per heavy atom. The van der Waals surface area contributed by atoms with Crippen molar-refractivity contribution < 1.29 is 4.74 Å². The summed E-state index contributed by atoms with van der Waals surface area (Å²) in [6.45, 7) is 3.97. The van der Waals surface area contributed by atoms with Crippen LogP contribution in [0.15, 0.2) is 42.5 Å². The summed E-state index contributed by atoms with van der Waals surface area (Å²) in [5.41, 5.74) is 1.05. The number of benzene rings is 2. The lowest BCUT2D eigenvalue weighted by molar-refractivity contribution is 0.415. The molecule has 1 aliphatic rings. The first kappa shape index (κ1) is 13.3. The van der Waals surface area contributed by atoms with Gasteiger partial charge in [-0.2, -0.15) is 0 Å². The van der Waals surface area contributed by atoms with E-state index in [9.17, 15) is 0 Å². The van der Waals surface area contributed by atoms with E-state index in [1.165, 1.54) is 16.2 Å². The molecule has 0 radical (unpaired) electrons. The zero-order chi connectivity index (χ0) is 14.9. The van der Waals surface area contributed by atoms with Gasteiger partial charge in [-0.1, -0.05) is 18.2 Å². The number of fused-ring (bicyclic) bond motifs is 3. The first-order valence-electron chi connectivity index (χ1n) is 7.69. The van der Waals surface area contributed by atoms with Gasteiger partial charge in [-0.15, -0.1) is 0 Å². The maximum absolute atomic E-state index is 5.42. The van der Waals surface area contributed by atoms with Crippen molar-refractivity contribution in [1.29, 1.82) is 0 Å². The van der Waals surface area contributed by atoms with E-state index >= 15 is 0 Å².